The van der Waals surface area contributed by atoms with E-state index in [2.05, 4.69) is 0 Å². The molecule has 2 N–H and O–H groups in total. The molecule has 0 spiro atoms. The van der Waals surface area contributed by atoms with Crippen molar-refractivity contribution >= 4 is 5.69 Å². The van der Waals surface area contributed by atoms with Gasteiger partial charge in [-0.3, -0.25) is 0 Å². The van der Waals surface area contributed by atoms with E-state index in [9.17, 15) is 4.39 Å². The molecule has 1 unspecified atom stereocenters. The van der Waals surface area contributed by atoms with Crippen LogP contribution in [0.1, 0.15) is 23.7 Å². The van der Waals surface area contributed by atoms with Crippen LogP contribution in [0.15, 0.2) is 18.2 Å². The molecule has 58 valence electrons. The average molecular weight is 151 g/mol. The van der Waals surface area contributed by atoms with Crippen molar-refractivity contribution in [2.75, 3.05) is 5.73 Å². The van der Waals surface area contributed by atoms with Crippen LogP contribution in [0.5, 0.6) is 0 Å². The lowest BCUT2D eigenvalue weighted by Gasteiger charge is -2.04. The second-order valence-corrected chi connectivity index (χ2v) is 2.93. The molecular formula is C9H10FN. The van der Waals surface area contributed by atoms with Crippen molar-refractivity contribution in [3.05, 3.63) is 29.3 Å². The van der Waals surface area contributed by atoms with Gasteiger partial charge in [-0.1, -0.05) is 12.1 Å². The van der Waals surface area contributed by atoms with E-state index in [4.69, 9.17) is 5.73 Å². The summed E-state index contributed by atoms with van der Waals surface area (Å²) in [5.74, 6) is 0. The molecule has 0 aliphatic heterocycles. The van der Waals surface area contributed by atoms with E-state index < -0.39 is 6.17 Å². The first-order valence-corrected chi connectivity index (χ1v) is 3.80. The number of hydrogen-bond acceptors (Lipinski definition) is 1. The molecule has 0 heterocycles. The first-order valence-electron chi connectivity index (χ1n) is 3.80. The van der Waals surface area contributed by atoms with Gasteiger partial charge >= 0.3 is 0 Å². The molecule has 1 aliphatic carbocycles. The highest BCUT2D eigenvalue weighted by atomic mass is 19.1. The minimum atomic E-state index is -0.828. The van der Waals surface area contributed by atoms with Crippen molar-refractivity contribution in [2.24, 2.45) is 0 Å². The highest BCUT2D eigenvalue weighted by molar-refractivity contribution is 5.54. The summed E-state index contributed by atoms with van der Waals surface area (Å²) in [5.41, 5.74) is 8.04. The molecular weight excluding hydrogens is 141 g/mol. The van der Waals surface area contributed by atoms with E-state index in [0.29, 0.717) is 12.1 Å². The Morgan fingerprint density at radius 1 is 1.45 bits per heavy atom. The third kappa shape index (κ3) is 0.897. The Morgan fingerprint density at radius 2 is 2.27 bits per heavy atom. The van der Waals surface area contributed by atoms with Crippen LogP contribution in [0, 0.1) is 0 Å². The van der Waals surface area contributed by atoms with Gasteiger partial charge in [-0.15, -0.1) is 0 Å². The molecule has 0 radical (unpaired) electrons. The summed E-state index contributed by atoms with van der Waals surface area (Å²) < 4.78 is 13.1. The lowest BCUT2D eigenvalue weighted by molar-refractivity contribution is 0.344. The number of alkyl halides is 1. The van der Waals surface area contributed by atoms with Gasteiger partial charge in [0.15, 0.2) is 0 Å². The predicted octanol–water partition coefficient (Wildman–Crippen LogP) is 2.23. The second-order valence-electron chi connectivity index (χ2n) is 2.93. The molecule has 1 aromatic carbocycles. The zero-order chi connectivity index (χ0) is 7.84. The van der Waals surface area contributed by atoms with Crippen molar-refractivity contribution in [3.63, 3.8) is 0 Å². The first kappa shape index (κ1) is 6.65. The van der Waals surface area contributed by atoms with E-state index in [1.54, 1.807) is 6.07 Å². The molecule has 0 fully saturated rings. The Hall–Kier alpha value is -1.05. The number of nitrogens with two attached hydrogens (primary N) is 1. The van der Waals surface area contributed by atoms with Crippen LogP contribution < -0.4 is 5.73 Å². The van der Waals surface area contributed by atoms with Gasteiger partial charge in [-0.05, 0) is 24.5 Å². The molecule has 11 heavy (non-hydrogen) atoms. The lowest BCUT2D eigenvalue weighted by Crippen LogP contribution is -1.94. The number of benzene rings is 1. The van der Waals surface area contributed by atoms with Gasteiger partial charge in [0.25, 0.3) is 0 Å². The molecule has 2 heteroatoms. The van der Waals surface area contributed by atoms with Crippen LogP contribution in [0.2, 0.25) is 0 Å². The monoisotopic (exact) mass is 151 g/mol. The fourth-order valence-corrected chi connectivity index (χ4v) is 1.66. The fourth-order valence-electron chi connectivity index (χ4n) is 1.66. The van der Waals surface area contributed by atoms with Gasteiger partial charge < -0.3 is 5.73 Å². The summed E-state index contributed by atoms with van der Waals surface area (Å²) in [5, 5.41) is 0. The van der Waals surface area contributed by atoms with E-state index in [0.717, 1.165) is 17.5 Å². The Kier molecular flexibility index (Phi) is 1.34. The van der Waals surface area contributed by atoms with Crippen molar-refractivity contribution in [1.82, 2.24) is 0 Å². The van der Waals surface area contributed by atoms with Gasteiger partial charge in [-0.25, -0.2) is 4.39 Å². The maximum Gasteiger partial charge on any atom is 0.128 e. The molecule has 2 rings (SSSR count). The average Bonchev–Trinajstić information content (AvgIpc) is 2.34. The Morgan fingerprint density at radius 3 is 3.00 bits per heavy atom. The third-order valence-corrected chi connectivity index (χ3v) is 2.21. The molecule has 1 aliphatic rings. The number of halogens is 1. The van der Waals surface area contributed by atoms with Crippen LogP contribution in [-0.4, -0.2) is 0 Å². The summed E-state index contributed by atoms with van der Waals surface area (Å²) in [7, 11) is 0. The topological polar surface area (TPSA) is 26.0 Å². The maximum absolute atomic E-state index is 13.1. The van der Waals surface area contributed by atoms with Crippen molar-refractivity contribution in [1.29, 1.82) is 0 Å². The Balaban J connectivity index is 2.58. The van der Waals surface area contributed by atoms with Crippen molar-refractivity contribution in [2.45, 2.75) is 19.0 Å². The molecule has 0 saturated carbocycles. The largest absolute Gasteiger partial charge is 0.398 e. The summed E-state index contributed by atoms with van der Waals surface area (Å²) >= 11 is 0. The summed E-state index contributed by atoms with van der Waals surface area (Å²) in [6, 6.07) is 5.59. The standard InChI is InChI=1S/C9H10FN/c10-7-5-4-6-2-1-3-8(11)9(6)7/h1-3,7H,4-5,11H2. The van der Waals surface area contributed by atoms with Crippen LogP contribution in [0.25, 0.3) is 0 Å². The van der Waals surface area contributed by atoms with Crippen LogP contribution in [-0.2, 0) is 6.42 Å². The molecule has 0 amide bonds. The van der Waals surface area contributed by atoms with Gasteiger partial charge in [0, 0.05) is 11.3 Å². The van der Waals surface area contributed by atoms with E-state index in [1.165, 1.54) is 0 Å². The quantitative estimate of drug-likeness (QED) is 0.565. The van der Waals surface area contributed by atoms with E-state index in [-0.39, 0.29) is 0 Å². The van der Waals surface area contributed by atoms with E-state index >= 15 is 0 Å². The number of rotatable bonds is 0. The van der Waals surface area contributed by atoms with Crippen molar-refractivity contribution < 1.29 is 4.39 Å². The van der Waals surface area contributed by atoms with Crippen LogP contribution >= 0.6 is 0 Å². The predicted molar refractivity (Wildman–Crippen MR) is 43.0 cm³/mol. The molecule has 1 aromatic rings. The SMILES string of the molecule is Nc1cccc2c1C(F)CC2. The highest BCUT2D eigenvalue weighted by Gasteiger charge is 2.23. The molecule has 1 atom stereocenters. The molecule has 1 nitrogen and oxygen atoms in total. The minimum absolute atomic E-state index is 0.601. The molecule has 0 aromatic heterocycles. The molecule has 0 bridgehead atoms. The second kappa shape index (κ2) is 2.22. The highest BCUT2D eigenvalue weighted by Crippen LogP contribution is 2.37. The number of fused-ring (bicyclic) bond motifs is 1. The number of aryl methyl sites for hydroxylation is 1. The Bertz CT molecular complexity index is 283. The zero-order valence-corrected chi connectivity index (χ0v) is 6.18. The molecule has 0 saturated heterocycles. The number of anilines is 1. The summed E-state index contributed by atoms with van der Waals surface area (Å²) in [6.45, 7) is 0. The lowest BCUT2D eigenvalue weighted by atomic mass is 10.1. The normalized spacial score (nSPS) is 21.7. The minimum Gasteiger partial charge on any atom is -0.398 e. The summed E-state index contributed by atoms with van der Waals surface area (Å²) in [4.78, 5) is 0. The third-order valence-electron chi connectivity index (χ3n) is 2.21. The fraction of sp³-hybridized carbons (Fsp3) is 0.333. The van der Waals surface area contributed by atoms with Crippen LogP contribution in [0.3, 0.4) is 0 Å². The van der Waals surface area contributed by atoms with Crippen molar-refractivity contribution in [3.8, 4) is 0 Å². The van der Waals surface area contributed by atoms with E-state index in [1.807, 2.05) is 12.1 Å². The van der Waals surface area contributed by atoms with Gasteiger partial charge in [-0.2, -0.15) is 0 Å². The maximum atomic E-state index is 13.1. The first-order chi connectivity index (χ1) is 5.29. The number of nitrogen functional groups attached to an aromatic ring is 1. The van der Waals surface area contributed by atoms with Crippen LogP contribution in [0.4, 0.5) is 10.1 Å². The Labute approximate surface area is 65.0 Å². The van der Waals surface area contributed by atoms with Gasteiger partial charge in [0.05, 0.1) is 0 Å². The zero-order valence-electron chi connectivity index (χ0n) is 6.18. The smallest absolute Gasteiger partial charge is 0.128 e. The van der Waals surface area contributed by atoms with Gasteiger partial charge in [0.1, 0.15) is 6.17 Å². The van der Waals surface area contributed by atoms with Gasteiger partial charge in [0.2, 0.25) is 0 Å². The number of hydrogen-bond donors (Lipinski definition) is 1. The summed E-state index contributed by atoms with van der Waals surface area (Å²) in [6.07, 6.45) is 0.608.